The lowest BCUT2D eigenvalue weighted by atomic mass is 10.1. The Kier molecular flexibility index (Phi) is 5.18. The van der Waals surface area contributed by atoms with Gasteiger partial charge in [0.05, 0.1) is 11.8 Å². The van der Waals surface area contributed by atoms with E-state index >= 15 is 0 Å². The highest BCUT2D eigenvalue weighted by atomic mass is 16.3. The van der Waals surface area contributed by atoms with Gasteiger partial charge in [0.2, 0.25) is 5.91 Å². The SMILES string of the molecule is Cc1ccc(C)c(N2N=C(C(=O)NC[C@H]3CCC[C@@H]3O)CCC2=O)c1. The quantitative estimate of drug-likeness (QED) is 0.878. The van der Waals surface area contributed by atoms with Crippen LogP contribution < -0.4 is 10.3 Å². The first-order chi connectivity index (χ1) is 12.0. The number of carbonyl (C=O) groups is 2. The Hall–Kier alpha value is -2.21. The van der Waals surface area contributed by atoms with Crippen molar-refractivity contribution in [2.75, 3.05) is 11.6 Å². The molecule has 0 aromatic heterocycles. The number of hydrogen-bond acceptors (Lipinski definition) is 4. The maximum Gasteiger partial charge on any atom is 0.267 e. The molecular formula is C19H25N3O3. The van der Waals surface area contributed by atoms with E-state index in [4.69, 9.17) is 0 Å². The number of nitrogens with one attached hydrogen (secondary N) is 1. The minimum atomic E-state index is -0.332. The second kappa shape index (κ2) is 7.35. The van der Waals surface area contributed by atoms with E-state index in [2.05, 4.69) is 10.4 Å². The minimum Gasteiger partial charge on any atom is -0.393 e. The Morgan fingerprint density at radius 1 is 1.32 bits per heavy atom. The summed E-state index contributed by atoms with van der Waals surface area (Å²) in [4.78, 5) is 24.7. The third-order valence-corrected chi connectivity index (χ3v) is 5.03. The minimum absolute atomic E-state index is 0.100. The van der Waals surface area contributed by atoms with Crippen LogP contribution in [0, 0.1) is 19.8 Å². The van der Waals surface area contributed by atoms with Gasteiger partial charge in [0.15, 0.2) is 0 Å². The number of anilines is 1. The van der Waals surface area contributed by atoms with E-state index in [1.54, 1.807) is 0 Å². The third-order valence-electron chi connectivity index (χ3n) is 5.03. The van der Waals surface area contributed by atoms with Gasteiger partial charge in [-0.2, -0.15) is 5.10 Å². The molecule has 1 saturated carbocycles. The fourth-order valence-electron chi connectivity index (χ4n) is 3.43. The molecule has 2 atom stereocenters. The summed E-state index contributed by atoms with van der Waals surface area (Å²) < 4.78 is 0. The summed E-state index contributed by atoms with van der Waals surface area (Å²) in [5.74, 6) is -0.233. The number of amides is 2. The van der Waals surface area contributed by atoms with Gasteiger partial charge >= 0.3 is 0 Å². The summed E-state index contributed by atoms with van der Waals surface area (Å²) in [5, 5.41) is 18.4. The standard InChI is InChI=1S/C19H25N3O3/c1-12-6-7-13(2)16(10-12)22-18(24)9-8-15(21-22)19(25)20-11-14-4-3-5-17(14)23/h6-7,10,14,17,23H,3-5,8-9,11H2,1-2H3,(H,20,25)/t14-,17+/m1/s1. The Morgan fingerprint density at radius 2 is 2.12 bits per heavy atom. The van der Waals surface area contributed by atoms with E-state index < -0.39 is 0 Å². The molecule has 1 aliphatic heterocycles. The largest absolute Gasteiger partial charge is 0.393 e. The first-order valence-corrected chi connectivity index (χ1v) is 8.89. The van der Waals surface area contributed by atoms with Gasteiger partial charge in [0, 0.05) is 25.3 Å². The van der Waals surface area contributed by atoms with Gasteiger partial charge in [-0.1, -0.05) is 18.6 Å². The number of hydrazone groups is 1. The summed E-state index contributed by atoms with van der Waals surface area (Å²) in [7, 11) is 0. The zero-order chi connectivity index (χ0) is 18.0. The topological polar surface area (TPSA) is 82.0 Å². The first-order valence-electron chi connectivity index (χ1n) is 8.89. The molecule has 0 spiro atoms. The number of aliphatic hydroxyl groups excluding tert-OH is 1. The van der Waals surface area contributed by atoms with E-state index in [-0.39, 0.29) is 30.3 Å². The second-order valence-corrected chi connectivity index (χ2v) is 7.01. The zero-order valence-electron chi connectivity index (χ0n) is 14.8. The Balaban J connectivity index is 1.73. The Bertz CT molecular complexity index is 714. The maximum atomic E-state index is 12.4. The zero-order valence-corrected chi connectivity index (χ0v) is 14.8. The average Bonchev–Trinajstić information content (AvgIpc) is 3.00. The Labute approximate surface area is 147 Å². The summed E-state index contributed by atoms with van der Waals surface area (Å²) in [6.07, 6.45) is 3.02. The predicted molar refractivity (Wildman–Crippen MR) is 96.4 cm³/mol. The van der Waals surface area contributed by atoms with Crippen molar-refractivity contribution in [3.8, 4) is 0 Å². The number of benzene rings is 1. The summed E-state index contributed by atoms with van der Waals surface area (Å²) >= 11 is 0. The number of carbonyl (C=O) groups excluding carboxylic acids is 2. The van der Waals surface area contributed by atoms with Crippen molar-refractivity contribution in [3.05, 3.63) is 29.3 Å². The van der Waals surface area contributed by atoms with Crippen LogP contribution in [-0.2, 0) is 9.59 Å². The molecule has 134 valence electrons. The highest BCUT2D eigenvalue weighted by molar-refractivity contribution is 6.40. The highest BCUT2D eigenvalue weighted by Crippen LogP contribution is 2.26. The molecule has 0 unspecified atom stereocenters. The van der Waals surface area contributed by atoms with Crippen LogP contribution in [0.2, 0.25) is 0 Å². The van der Waals surface area contributed by atoms with Crippen molar-refractivity contribution >= 4 is 23.2 Å². The average molecular weight is 343 g/mol. The smallest absolute Gasteiger partial charge is 0.267 e. The number of aliphatic hydroxyl groups is 1. The van der Waals surface area contributed by atoms with Gasteiger partial charge in [-0.25, -0.2) is 5.01 Å². The lowest BCUT2D eigenvalue weighted by molar-refractivity contribution is -0.119. The van der Waals surface area contributed by atoms with Crippen LogP contribution in [0.25, 0.3) is 0 Å². The fraction of sp³-hybridized carbons (Fsp3) is 0.526. The van der Waals surface area contributed by atoms with Gasteiger partial charge in [0.25, 0.3) is 5.91 Å². The van der Waals surface area contributed by atoms with Gasteiger partial charge in [-0.05, 0) is 43.9 Å². The molecule has 1 aliphatic carbocycles. The molecule has 2 N–H and O–H groups in total. The van der Waals surface area contributed by atoms with Crippen molar-refractivity contribution in [1.29, 1.82) is 0 Å². The molecular weight excluding hydrogens is 318 g/mol. The highest BCUT2D eigenvalue weighted by Gasteiger charge is 2.29. The summed E-state index contributed by atoms with van der Waals surface area (Å²) in [6, 6.07) is 5.84. The summed E-state index contributed by atoms with van der Waals surface area (Å²) in [5.41, 5.74) is 3.07. The molecule has 6 heteroatoms. The molecule has 1 aromatic carbocycles. The summed E-state index contributed by atoms with van der Waals surface area (Å²) in [6.45, 7) is 4.34. The lowest BCUT2D eigenvalue weighted by Crippen LogP contribution is -2.41. The third kappa shape index (κ3) is 3.90. The molecule has 0 radical (unpaired) electrons. The maximum absolute atomic E-state index is 12.4. The first kappa shape index (κ1) is 17.6. The fourth-order valence-corrected chi connectivity index (χ4v) is 3.43. The molecule has 2 amide bonds. The van der Waals surface area contributed by atoms with Crippen molar-refractivity contribution < 1.29 is 14.7 Å². The number of rotatable bonds is 4. The molecule has 25 heavy (non-hydrogen) atoms. The monoisotopic (exact) mass is 343 g/mol. The van der Waals surface area contributed by atoms with Crippen LogP contribution in [0.1, 0.15) is 43.2 Å². The molecule has 1 fully saturated rings. The van der Waals surface area contributed by atoms with Crippen LogP contribution in [0.4, 0.5) is 5.69 Å². The van der Waals surface area contributed by atoms with Crippen LogP contribution in [-0.4, -0.2) is 35.3 Å². The van der Waals surface area contributed by atoms with Crippen molar-refractivity contribution in [2.45, 2.75) is 52.1 Å². The number of hydrogen-bond donors (Lipinski definition) is 2. The molecule has 0 saturated heterocycles. The second-order valence-electron chi connectivity index (χ2n) is 7.01. The van der Waals surface area contributed by atoms with Crippen LogP contribution in [0.5, 0.6) is 0 Å². The molecule has 2 aliphatic rings. The van der Waals surface area contributed by atoms with Gasteiger partial charge in [-0.3, -0.25) is 9.59 Å². The van der Waals surface area contributed by atoms with Crippen LogP contribution >= 0.6 is 0 Å². The molecule has 1 aromatic rings. The van der Waals surface area contributed by atoms with Crippen LogP contribution in [0.15, 0.2) is 23.3 Å². The number of aryl methyl sites for hydroxylation is 2. The van der Waals surface area contributed by atoms with Crippen molar-refractivity contribution in [2.24, 2.45) is 11.0 Å². The van der Waals surface area contributed by atoms with E-state index in [9.17, 15) is 14.7 Å². The Morgan fingerprint density at radius 3 is 2.84 bits per heavy atom. The van der Waals surface area contributed by atoms with Gasteiger partial charge in [-0.15, -0.1) is 0 Å². The van der Waals surface area contributed by atoms with Gasteiger partial charge in [0.1, 0.15) is 5.71 Å². The van der Waals surface area contributed by atoms with E-state index in [1.807, 2.05) is 32.0 Å². The normalized spacial score (nSPS) is 23.6. The van der Waals surface area contributed by atoms with Crippen LogP contribution in [0.3, 0.4) is 0 Å². The van der Waals surface area contributed by atoms with E-state index in [0.29, 0.717) is 18.7 Å². The van der Waals surface area contributed by atoms with E-state index in [1.165, 1.54) is 5.01 Å². The molecule has 0 bridgehead atoms. The van der Waals surface area contributed by atoms with Gasteiger partial charge < -0.3 is 10.4 Å². The van der Waals surface area contributed by atoms with E-state index in [0.717, 1.165) is 36.1 Å². The molecule has 1 heterocycles. The van der Waals surface area contributed by atoms with Crippen molar-refractivity contribution in [1.82, 2.24) is 5.32 Å². The molecule has 6 nitrogen and oxygen atoms in total. The molecule has 3 rings (SSSR count). The number of nitrogens with zero attached hydrogens (tertiary/aromatic N) is 2. The lowest BCUT2D eigenvalue weighted by Gasteiger charge is -2.25. The van der Waals surface area contributed by atoms with Crippen molar-refractivity contribution in [3.63, 3.8) is 0 Å². The predicted octanol–water partition coefficient (Wildman–Crippen LogP) is 2.06.